The Balaban J connectivity index is 2.25. The van der Waals surface area contributed by atoms with Crippen molar-refractivity contribution >= 4 is 32.5 Å². The summed E-state index contributed by atoms with van der Waals surface area (Å²) in [6.45, 7) is 0. The first-order chi connectivity index (χ1) is 8.42. The molecular weight excluding hydrogens is 228 g/mol. The molecule has 0 unspecified atom stereocenters. The van der Waals surface area contributed by atoms with Crippen molar-refractivity contribution in [2.75, 3.05) is 0 Å². The Labute approximate surface area is 102 Å². The largest absolute Gasteiger partial charge is 0.227 e. The Kier molecular flexibility index (Phi) is 1.73. The molecule has 0 N–H and O–H groups in total. The maximum absolute atomic E-state index is 4.61. The van der Waals surface area contributed by atoms with Crippen LogP contribution >= 0.6 is 11.3 Å². The van der Waals surface area contributed by atoms with Gasteiger partial charge in [0.25, 0.3) is 0 Å². The zero-order chi connectivity index (χ0) is 11.2. The van der Waals surface area contributed by atoms with Gasteiger partial charge >= 0.3 is 0 Å². The highest BCUT2D eigenvalue weighted by atomic mass is 32.1. The highest BCUT2D eigenvalue weighted by molar-refractivity contribution is 7.22. The molecule has 0 radical (unpaired) electrons. The number of rotatable bonds is 0. The summed E-state index contributed by atoms with van der Waals surface area (Å²) in [6, 6.07) is 16.4. The molecule has 0 saturated carbocycles. The number of hydrogen-bond donors (Lipinski definition) is 0. The van der Waals surface area contributed by atoms with Crippen LogP contribution < -0.4 is 0 Å². The Morgan fingerprint density at radius 1 is 0.765 bits per heavy atom. The molecule has 0 fully saturated rings. The van der Waals surface area contributed by atoms with Gasteiger partial charge in [-0.25, -0.2) is 9.97 Å². The molecule has 2 aromatic rings. The lowest BCUT2D eigenvalue weighted by molar-refractivity contribution is 1.32. The predicted octanol–water partition coefficient (Wildman–Crippen LogP) is 3.95. The minimum atomic E-state index is 0.856. The lowest BCUT2D eigenvalue weighted by Crippen LogP contribution is -1.82. The fourth-order valence-corrected chi connectivity index (χ4v) is 3.13. The van der Waals surface area contributed by atoms with Crippen LogP contribution in [0.25, 0.3) is 31.8 Å². The predicted molar refractivity (Wildman–Crippen MR) is 71.5 cm³/mol. The second-order valence-electron chi connectivity index (χ2n) is 3.96. The summed E-state index contributed by atoms with van der Waals surface area (Å²) in [5.74, 6) is 0.856. The summed E-state index contributed by atoms with van der Waals surface area (Å²) in [6.07, 6.45) is 0. The van der Waals surface area contributed by atoms with E-state index in [-0.39, 0.29) is 0 Å². The highest BCUT2D eigenvalue weighted by Gasteiger charge is 2.14. The minimum absolute atomic E-state index is 0.856. The van der Waals surface area contributed by atoms with Gasteiger partial charge in [-0.1, -0.05) is 30.3 Å². The SMILES string of the molecule is c1ccc2sc3c4ccccc4nc-3nc2c1. The lowest BCUT2D eigenvalue weighted by atomic mass is 10.2. The van der Waals surface area contributed by atoms with Crippen molar-refractivity contribution in [1.82, 2.24) is 9.97 Å². The summed E-state index contributed by atoms with van der Waals surface area (Å²) in [5, 5.41) is 1.20. The van der Waals surface area contributed by atoms with Gasteiger partial charge < -0.3 is 0 Å². The standard InChI is InChI=1S/C14H8N2S/c1-2-6-10-9(5-1)13-14(15-10)16-11-7-3-4-8-12(11)17-13/h1-8H. The highest BCUT2D eigenvalue weighted by Crippen LogP contribution is 2.36. The van der Waals surface area contributed by atoms with Gasteiger partial charge in [-0.2, -0.15) is 0 Å². The molecule has 17 heavy (non-hydrogen) atoms. The van der Waals surface area contributed by atoms with E-state index in [0.717, 1.165) is 16.9 Å². The molecule has 0 spiro atoms. The second kappa shape index (κ2) is 3.25. The summed E-state index contributed by atoms with van der Waals surface area (Å²) in [4.78, 5) is 10.4. The van der Waals surface area contributed by atoms with E-state index in [1.807, 2.05) is 36.4 Å². The van der Waals surface area contributed by atoms with Gasteiger partial charge in [-0.15, -0.1) is 11.3 Å². The maximum atomic E-state index is 4.61. The van der Waals surface area contributed by atoms with Crippen molar-refractivity contribution in [2.45, 2.75) is 0 Å². The summed E-state index contributed by atoms with van der Waals surface area (Å²) in [7, 11) is 0. The third-order valence-electron chi connectivity index (χ3n) is 2.88. The van der Waals surface area contributed by atoms with E-state index < -0.39 is 0 Å². The molecule has 0 aliphatic carbocycles. The first-order valence-corrected chi connectivity index (χ1v) is 6.27. The molecule has 0 aromatic heterocycles. The van der Waals surface area contributed by atoms with Crippen LogP contribution in [0.3, 0.4) is 0 Å². The zero-order valence-electron chi connectivity index (χ0n) is 8.92. The first-order valence-electron chi connectivity index (χ1n) is 5.46. The molecule has 3 heteroatoms. The lowest BCUT2D eigenvalue weighted by Gasteiger charge is -1.99. The Morgan fingerprint density at radius 2 is 1.47 bits per heavy atom. The number of aromatic nitrogens is 2. The van der Waals surface area contributed by atoms with Gasteiger partial charge in [-0.05, 0) is 18.2 Å². The van der Waals surface area contributed by atoms with E-state index in [9.17, 15) is 0 Å². The molecule has 2 heterocycles. The molecule has 0 amide bonds. The molecule has 2 aliphatic rings. The number of benzene rings is 2. The van der Waals surface area contributed by atoms with E-state index in [1.165, 1.54) is 15.0 Å². The number of fused-ring (bicyclic) bond motifs is 4. The van der Waals surface area contributed by atoms with Crippen LogP contribution in [0, 0.1) is 0 Å². The molecule has 4 rings (SSSR count). The zero-order valence-corrected chi connectivity index (χ0v) is 9.74. The quantitative estimate of drug-likeness (QED) is 0.462. The van der Waals surface area contributed by atoms with E-state index in [2.05, 4.69) is 22.1 Å². The van der Waals surface area contributed by atoms with Gasteiger partial charge in [-0.3, -0.25) is 0 Å². The molecule has 0 saturated heterocycles. The van der Waals surface area contributed by atoms with Crippen LogP contribution in [-0.4, -0.2) is 9.97 Å². The molecule has 2 aromatic carbocycles. The normalized spacial score (nSPS) is 11.5. The average molecular weight is 236 g/mol. The Hall–Kier alpha value is -2.00. The molecule has 0 atom stereocenters. The van der Waals surface area contributed by atoms with Crippen LogP contribution in [0.4, 0.5) is 0 Å². The monoisotopic (exact) mass is 236 g/mol. The van der Waals surface area contributed by atoms with Gasteiger partial charge in [0.15, 0.2) is 5.82 Å². The van der Waals surface area contributed by atoms with Crippen molar-refractivity contribution in [3.8, 4) is 10.7 Å². The van der Waals surface area contributed by atoms with Gasteiger partial charge in [0, 0.05) is 5.39 Å². The Bertz CT molecular complexity index is 798. The third-order valence-corrected chi connectivity index (χ3v) is 4.05. The van der Waals surface area contributed by atoms with Crippen molar-refractivity contribution in [2.24, 2.45) is 0 Å². The van der Waals surface area contributed by atoms with Crippen LogP contribution in [0.15, 0.2) is 48.5 Å². The minimum Gasteiger partial charge on any atom is -0.227 e. The summed E-state index contributed by atoms with van der Waals surface area (Å²) >= 11 is 1.76. The fraction of sp³-hybridized carbons (Fsp3) is 0. The number of hydrogen-bond acceptors (Lipinski definition) is 3. The van der Waals surface area contributed by atoms with Crippen LogP contribution in [0.2, 0.25) is 0 Å². The fourth-order valence-electron chi connectivity index (χ4n) is 2.08. The third kappa shape index (κ3) is 1.26. The average Bonchev–Trinajstić information content (AvgIpc) is 2.73. The van der Waals surface area contributed by atoms with Crippen molar-refractivity contribution in [3.63, 3.8) is 0 Å². The van der Waals surface area contributed by atoms with Crippen LogP contribution in [-0.2, 0) is 0 Å². The van der Waals surface area contributed by atoms with Crippen molar-refractivity contribution in [1.29, 1.82) is 0 Å². The van der Waals surface area contributed by atoms with Gasteiger partial charge in [0.1, 0.15) is 0 Å². The topological polar surface area (TPSA) is 25.8 Å². The maximum Gasteiger partial charge on any atom is 0.171 e. The van der Waals surface area contributed by atoms with E-state index in [4.69, 9.17) is 0 Å². The molecule has 0 bridgehead atoms. The molecule has 80 valence electrons. The Morgan fingerprint density at radius 3 is 2.41 bits per heavy atom. The van der Waals surface area contributed by atoms with Crippen LogP contribution in [0.1, 0.15) is 0 Å². The van der Waals surface area contributed by atoms with Gasteiger partial charge in [0.2, 0.25) is 0 Å². The summed E-state index contributed by atoms with van der Waals surface area (Å²) < 4.78 is 1.21. The smallest absolute Gasteiger partial charge is 0.171 e. The molecule has 2 aliphatic heterocycles. The first kappa shape index (κ1) is 9.07. The van der Waals surface area contributed by atoms with E-state index in [0.29, 0.717) is 0 Å². The number of para-hydroxylation sites is 2. The van der Waals surface area contributed by atoms with E-state index in [1.54, 1.807) is 11.3 Å². The van der Waals surface area contributed by atoms with Crippen LogP contribution in [0.5, 0.6) is 0 Å². The molecular formula is C14H8N2S. The number of nitrogens with zero attached hydrogens (tertiary/aromatic N) is 2. The van der Waals surface area contributed by atoms with Gasteiger partial charge in [0.05, 0.1) is 20.6 Å². The summed E-state index contributed by atoms with van der Waals surface area (Å²) in [5.41, 5.74) is 2.05. The van der Waals surface area contributed by atoms with E-state index >= 15 is 0 Å². The molecule has 2 nitrogen and oxygen atoms in total. The van der Waals surface area contributed by atoms with Crippen molar-refractivity contribution in [3.05, 3.63) is 48.5 Å². The second-order valence-corrected chi connectivity index (χ2v) is 5.02. The van der Waals surface area contributed by atoms with Crippen molar-refractivity contribution < 1.29 is 0 Å².